The number of aryl methyl sites for hydroxylation is 1. The molecule has 0 amide bonds. The van der Waals surface area contributed by atoms with Crippen molar-refractivity contribution in [2.75, 3.05) is 6.61 Å². The number of hydrogen-bond acceptors (Lipinski definition) is 3. The van der Waals surface area contributed by atoms with Gasteiger partial charge in [-0.1, -0.05) is 35.9 Å². The van der Waals surface area contributed by atoms with Crippen LogP contribution in [0.1, 0.15) is 18.1 Å². The van der Waals surface area contributed by atoms with Crippen molar-refractivity contribution in [3.05, 3.63) is 59.7 Å². The number of para-hydroxylation sites is 1. The van der Waals surface area contributed by atoms with Crippen LogP contribution in [0.5, 0.6) is 11.5 Å². The molecule has 0 bridgehead atoms. The summed E-state index contributed by atoms with van der Waals surface area (Å²) in [6, 6.07) is 15.4. The van der Waals surface area contributed by atoms with Gasteiger partial charge in [-0.25, -0.2) is 0 Å². The summed E-state index contributed by atoms with van der Waals surface area (Å²) in [5.74, 6) is 1.14. The number of esters is 1. The van der Waals surface area contributed by atoms with E-state index in [0.717, 1.165) is 11.3 Å². The SMILES string of the molecule is CC(=O)Oc1ccccc1CCOc1ccc(C)cc1. The highest BCUT2D eigenvalue weighted by molar-refractivity contribution is 5.69. The average molecular weight is 270 g/mol. The molecule has 0 spiro atoms. The first-order chi connectivity index (χ1) is 9.65. The standard InChI is InChI=1S/C17H18O3/c1-13-7-9-16(10-8-13)19-12-11-15-5-3-4-6-17(15)20-14(2)18/h3-10H,11-12H2,1-2H3. The number of ether oxygens (including phenoxy) is 2. The van der Waals surface area contributed by atoms with Crippen LogP contribution in [0, 0.1) is 6.92 Å². The van der Waals surface area contributed by atoms with Gasteiger partial charge in [0.25, 0.3) is 0 Å². The van der Waals surface area contributed by atoms with E-state index in [1.807, 2.05) is 49.4 Å². The van der Waals surface area contributed by atoms with Crippen molar-refractivity contribution < 1.29 is 14.3 Å². The maximum Gasteiger partial charge on any atom is 0.308 e. The Kier molecular flexibility index (Phi) is 4.77. The zero-order valence-electron chi connectivity index (χ0n) is 11.8. The minimum atomic E-state index is -0.308. The molecule has 0 aliphatic heterocycles. The number of rotatable bonds is 5. The molecule has 0 aliphatic rings. The van der Waals surface area contributed by atoms with Crippen molar-refractivity contribution in [3.8, 4) is 11.5 Å². The first-order valence-corrected chi connectivity index (χ1v) is 6.61. The van der Waals surface area contributed by atoms with Gasteiger partial charge in [-0.3, -0.25) is 4.79 Å². The topological polar surface area (TPSA) is 35.5 Å². The minimum Gasteiger partial charge on any atom is -0.493 e. The van der Waals surface area contributed by atoms with Gasteiger partial charge in [0.1, 0.15) is 11.5 Å². The van der Waals surface area contributed by atoms with Crippen LogP contribution in [0.4, 0.5) is 0 Å². The molecule has 0 N–H and O–H groups in total. The summed E-state index contributed by atoms with van der Waals surface area (Å²) in [7, 11) is 0. The fraction of sp³-hybridized carbons (Fsp3) is 0.235. The van der Waals surface area contributed by atoms with Crippen LogP contribution in [0.3, 0.4) is 0 Å². The Bertz CT molecular complexity index is 573. The van der Waals surface area contributed by atoms with Gasteiger partial charge >= 0.3 is 5.97 Å². The molecule has 0 aliphatic carbocycles. The van der Waals surface area contributed by atoms with Crippen molar-refractivity contribution in [2.45, 2.75) is 20.3 Å². The fourth-order valence-corrected chi connectivity index (χ4v) is 1.88. The zero-order valence-corrected chi connectivity index (χ0v) is 11.8. The summed E-state index contributed by atoms with van der Waals surface area (Å²) < 4.78 is 10.9. The number of carbonyl (C=O) groups is 1. The second-order valence-electron chi connectivity index (χ2n) is 4.61. The van der Waals surface area contributed by atoms with Crippen molar-refractivity contribution in [3.63, 3.8) is 0 Å². The van der Waals surface area contributed by atoms with E-state index in [0.29, 0.717) is 18.8 Å². The molecular formula is C17H18O3. The molecule has 2 aromatic carbocycles. The molecule has 0 saturated carbocycles. The van der Waals surface area contributed by atoms with E-state index in [2.05, 4.69) is 0 Å². The van der Waals surface area contributed by atoms with Gasteiger partial charge in [0.15, 0.2) is 0 Å². The third-order valence-corrected chi connectivity index (χ3v) is 2.89. The lowest BCUT2D eigenvalue weighted by Gasteiger charge is -2.10. The van der Waals surface area contributed by atoms with Gasteiger partial charge < -0.3 is 9.47 Å². The Balaban J connectivity index is 1.93. The van der Waals surface area contributed by atoms with Crippen molar-refractivity contribution in [1.29, 1.82) is 0 Å². The maximum atomic E-state index is 11.0. The smallest absolute Gasteiger partial charge is 0.308 e. The van der Waals surface area contributed by atoms with Crippen LogP contribution in [0.15, 0.2) is 48.5 Å². The molecule has 0 heterocycles. The predicted octanol–water partition coefficient (Wildman–Crippen LogP) is 3.54. The Morgan fingerprint density at radius 1 is 1.05 bits per heavy atom. The highest BCUT2D eigenvalue weighted by Crippen LogP contribution is 2.19. The number of benzene rings is 2. The Morgan fingerprint density at radius 3 is 2.45 bits per heavy atom. The highest BCUT2D eigenvalue weighted by atomic mass is 16.5. The van der Waals surface area contributed by atoms with Crippen LogP contribution in [0.25, 0.3) is 0 Å². The number of carbonyl (C=O) groups excluding carboxylic acids is 1. The second-order valence-corrected chi connectivity index (χ2v) is 4.61. The molecule has 0 unspecified atom stereocenters. The monoisotopic (exact) mass is 270 g/mol. The van der Waals surface area contributed by atoms with E-state index < -0.39 is 0 Å². The van der Waals surface area contributed by atoms with Crippen molar-refractivity contribution in [1.82, 2.24) is 0 Å². The Hall–Kier alpha value is -2.29. The van der Waals surface area contributed by atoms with Crippen molar-refractivity contribution >= 4 is 5.97 Å². The minimum absolute atomic E-state index is 0.308. The van der Waals surface area contributed by atoms with Crippen LogP contribution in [0.2, 0.25) is 0 Å². The molecule has 2 rings (SSSR count). The van der Waals surface area contributed by atoms with E-state index in [1.165, 1.54) is 12.5 Å². The summed E-state index contributed by atoms with van der Waals surface area (Å²) in [5.41, 5.74) is 2.17. The summed E-state index contributed by atoms with van der Waals surface area (Å²) in [6.45, 7) is 3.99. The first kappa shape index (κ1) is 14.1. The Labute approximate surface area is 119 Å². The van der Waals surface area contributed by atoms with Gasteiger partial charge in [-0.05, 0) is 30.7 Å². The molecule has 3 heteroatoms. The van der Waals surface area contributed by atoms with E-state index in [1.54, 1.807) is 6.07 Å². The summed E-state index contributed by atoms with van der Waals surface area (Å²) in [4.78, 5) is 11.0. The summed E-state index contributed by atoms with van der Waals surface area (Å²) >= 11 is 0. The van der Waals surface area contributed by atoms with E-state index in [9.17, 15) is 4.79 Å². The Morgan fingerprint density at radius 2 is 1.75 bits per heavy atom. The first-order valence-electron chi connectivity index (χ1n) is 6.61. The average Bonchev–Trinajstić information content (AvgIpc) is 2.42. The molecule has 0 fully saturated rings. The summed E-state index contributed by atoms with van der Waals surface area (Å²) in [5, 5.41) is 0. The largest absolute Gasteiger partial charge is 0.493 e. The molecule has 0 radical (unpaired) electrons. The molecule has 0 aromatic heterocycles. The lowest BCUT2D eigenvalue weighted by molar-refractivity contribution is -0.131. The molecule has 3 nitrogen and oxygen atoms in total. The van der Waals surface area contributed by atoms with Gasteiger partial charge in [-0.15, -0.1) is 0 Å². The highest BCUT2D eigenvalue weighted by Gasteiger charge is 2.05. The van der Waals surface area contributed by atoms with E-state index in [4.69, 9.17) is 9.47 Å². The van der Waals surface area contributed by atoms with Crippen LogP contribution >= 0.6 is 0 Å². The number of hydrogen-bond donors (Lipinski definition) is 0. The quantitative estimate of drug-likeness (QED) is 0.615. The third kappa shape index (κ3) is 4.12. The zero-order chi connectivity index (χ0) is 14.4. The molecule has 0 atom stereocenters. The normalized spacial score (nSPS) is 10.1. The molecular weight excluding hydrogens is 252 g/mol. The second kappa shape index (κ2) is 6.75. The van der Waals surface area contributed by atoms with Gasteiger partial charge in [-0.2, -0.15) is 0 Å². The lowest BCUT2D eigenvalue weighted by atomic mass is 10.1. The van der Waals surface area contributed by atoms with Crippen molar-refractivity contribution in [2.24, 2.45) is 0 Å². The predicted molar refractivity (Wildman–Crippen MR) is 78.1 cm³/mol. The molecule has 20 heavy (non-hydrogen) atoms. The molecule has 2 aromatic rings. The van der Waals surface area contributed by atoms with Crippen LogP contribution < -0.4 is 9.47 Å². The molecule has 0 saturated heterocycles. The van der Waals surface area contributed by atoms with Gasteiger partial charge in [0.05, 0.1) is 6.61 Å². The lowest BCUT2D eigenvalue weighted by Crippen LogP contribution is -2.07. The molecule has 104 valence electrons. The van der Waals surface area contributed by atoms with Crippen LogP contribution in [-0.2, 0) is 11.2 Å². The van der Waals surface area contributed by atoms with Gasteiger partial charge in [0.2, 0.25) is 0 Å². The maximum absolute atomic E-state index is 11.0. The third-order valence-electron chi connectivity index (χ3n) is 2.89. The van der Waals surface area contributed by atoms with E-state index >= 15 is 0 Å². The van der Waals surface area contributed by atoms with E-state index in [-0.39, 0.29) is 5.97 Å². The summed E-state index contributed by atoms with van der Waals surface area (Å²) in [6.07, 6.45) is 0.692. The van der Waals surface area contributed by atoms with Gasteiger partial charge in [0, 0.05) is 13.3 Å². The fourth-order valence-electron chi connectivity index (χ4n) is 1.88. The van der Waals surface area contributed by atoms with Crippen LogP contribution in [-0.4, -0.2) is 12.6 Å².